The molecule has 57 heavy (non-hydrogen) atoms. The quantitative estimate of drug-likeness (QED) is 0.0361. The van der Waals surface area contributed by atoms with Crippen LogP contribution in [-0.4, -0.2) is 140 Å². The predicted molar refractivity (Wildman–Crippen MR) is 217 cm³/mol. The Morgan fingerprint density at radius 2 is 1.12 bits per heavy atom. The van der Waals surface area contributed by atoms with Crippen LogP contribution in [0.15, 0.2) is 36.5 Å². The lowest BCUT2D eigenvalue weighted by molar-refractivity contribution is -0.359. The molecule has 14 nitrogen and oxygen atoms in total. The normalized spacial score (nSPS) is 29.4. The van der Waals surface area contributed by atoms with Gasteiger partial charge in [0, 0.05) is 6.42 Å². The van der Waals surface area contributed by atoms with Crippen LogP contribution in [0.5, 0.6) is 0 Å². The van der Waals surface area contributed by atoms with Crippen LogP contribution in [0.1, 0.15) is 136 Å². The zero-order valence-electron chi connectivity index (χ0n) is 34.6. The molecule has 0 saturated carbocycles. The molecule has 1 amide bonds. The van der Waals surface area contributed by atoms with Crippen LogP contribution in [0.25, 0.3) is 0 Å². The van der Waals surface area contributed by atoms with Crippen LogP contribution in [0.2, 0.25) is 0 Å². The van der Waals surface area contributed by atoms with Crippen molar-refractivity contribution >= 4 is 5.91 Å². The Labute approximate surface area is 341 Å². The summed E-state index contributed by atoms with van der Waals surface area (Å²) in [5.74, 6) is -0.261. The number of carbonyl (C=O) groups excluding carboxylic acids is 1. The van der Waals surface area contributed by atoms with Crippen molar-refractivity contribution in [3.63, 3.8) is 0 Å². The highest BCUT2D eigenvalue weighted by Crippen LogP contribution is 2.29. The number of unbranched alkanes of at least 4 members (excludes halogenated alkanes) is 14. The number of amides is 1. The topological polar surface area (TPSA) is 228 Å². The molecule has 2 fully saturated rings. The molecule has 12 unspecified atom stereocenters. The molecule has 0 spiro atoms. The molecule has 2 heterocycles. The monoisotopic (exact) mass is 816 g/mol. The highest BCUT2D eigenvalue weighted by atomic mass is 16.7. The standard InChI is InChI=1S/C43H77NO13/c1-3-5-7-9-11-13-14-15-16-17-19-20-22-24-26-32(47)31(44-35(48)27-25-23-21-18-12-10-8-6-4-2)30-54-42-40(53)38(51)41(34(29-46)56-42)57-43-39(52)37(50)36(49)33(28-45)55-43/h13-14,17,19,24,26,31-34,36-43,45-47,49-53H,3-12,15-16,18,20-23,25,27-30H2,1-2H3,(H,44,48)/b14-13+,19-17+,26-24+. The van der Waals surface area contributed by atoms with Crippen LogP contribution in [0.4, 0.5) is 0 Å². The van der Waals surface area contributed by atoms with Crippen LogP contribution in [-0.2, 0) is 23.7 Å². The van der Waals surface area contributed by atoms with Crippen molar-refractivity contribution in [1.29, 1.82) is 0 Å². The summed E-state index contributed by atoms with van der Waals surface area (Å²) in [6.45, 7) is 2.67. The number of aliphatic hydroxyl groups excluding tert-OH is 8. The minimum Gasteiger partial charge on any atom is -0.394 e. The van der Waals surface area contributed by atoms with Crippen molar-refractivity contribution < 1.29 is 64.6 Å². The first-order valence-corrected chi connectivity index (χ1v) is 21.7. The van der Waals surface area contributed by atoms with E-state index in [2.05, 4.69) is 43.5 Å². The maximum atomic E-state index is 13.0. The minimum atomic E-state index is -1.79. The zero-order chi connectivity index (χ0) is 41.8. The molecule has 0 aromatic carbocycles. The SMILES string of the molecule is CCCCCC/C=C/CC/C=C/CC/C=C/C(O)C(COC1OC(CO)C(OC2OC(CO)C(O)C(O)C2O)C(O)C1O)NC(=O)CCCCCCCCCCC. The molecule has 9 N–H and O–H groups in total. The van der Waals surface area contributed by atoms with E-state index in [1.165, 1.54) is 57.8 Å². The van der Waals surface area contributed by atoms with E-state index >= 15 is 0 Å². The van der Waals surface area contributed by atoms with Crippen molar-refractivity contribution in [2.24, 2.45) is 0 Å². The van der Waals surface area contributed by atoms with Crippen molar-refractivity contribution in [3.8, 4) is 0 Å². The molecule has 2 rings (SSSR count). The van der Waals surface area contributed by atoms with Gasteiger partial charge >= 0.3 is 0 Å². The van der Waals surface area contributed by atoms with Gasteiger partial charge < -0.3 is 65.1 Å². The number of hydrogen-bond donors (Lipinski definition) is 9. The second-order valence-corrected chi connectivity index (χ2v) is 15.5. The Morgan fingerprint density at radius 1 is 0.614 bits per heavy atom. The Balaban J connectivity index is 1.95. The molecule has 14 heteroatoms. The fourth-order valence-electron chi connectivity index (χ4n) is 6.91. The van der Waals surface area contributed by atoms with Crippen molar-refractivity contribution in [2.75, 3.05) is 19.8 Å². The maximum Gasteiger partial charge on any atom is 0.220 e. The smallest absolute Gasteiger partial charge is 0.220 e. The first kappa shape index (κ1) is 51.4. The molecular formula is C43H77NO13. The van der Waals surface area contributed by atoms with Gasteiger partial charge in [-0.3, -0.25) is 4.79 Å². The van der Waals surface area contributed by atoms with Gasteiger partial charge in [-0.15, -0.1) is 0 Å². The zero-order valence-corrected chi connectivity index (χ0v) is 34.6. The summed E-state index contributed by atoms with van der Waals surface area (Å²) in [4.78, 5) is 13.0. The van der Waals surface area contributed by atoms with Gasteiger partial charge in [0.25, 0.3) is 0 Å². The molecule has 2 aliphatic heterocycles. The molecule has 0 aromatic heterocycles. The average Bonchev–Trinajstić information content (AvgIpc) is 3.21. The highest BCUT2D eigenvalue weighted by Gasteiger charge is 2.50. The van der Waals surface area contributed by atoms with E-state index in [9.17, 15) is 45.6 Å². The fourth-order valence-corrected chi connectivity index (χ4v) is 6.91. The van der Waals surface area contributed by atoms with E-state index in [1.54, 1.807) is 6.08 Å². The first-order chi connectivity index (χ1) is 27.6. The molecule has 12 atom stereocenters. The fraction of sp³-hybridized carbons (Fsp3) is 0.837. The van der Waals surface area contributed by atoms with Crippen LogP contribution in [0.3, 0.4) is 0 Å². The molecule has 0 bridgehead atoms. The van der Waals surface area contributed by atoms with Gasteiger partial charge in [0.2, 0.25) is 5.91 Å². The van der Waals surface area contributed by atoms with E-state index < -0.39 is 86.8 Å². The van der Waals surface area contributed by atoms with Crippen LogP contribution < -0.4 is 5.32 Å². The summed E-state index contributed by atoms with van der Waals surface area (Å²) in [5, 5.41) is 86.2. The molecule has 2 saturated heterocycles. The lowest BCUT2D eigenvalue weighted by Gasteiger charge is -2.46. The maximum absolute atomic E-state index is 13.0. The van der Waals surface area contributed by atoms with Crippen molar-refractivity contribution in [2.45, 2.75) is 209 Å². The molecule has 0 radical (unpaired) electrons. The summed E-state index contributed by atoms with van der Waals surface area (Å²) in [6.07, 6.45) is 14.9. The van der Waals surface area contributed by atoms with Gasteiger partial charge in [0.05, 0.1) is 32.0 Å². The predicted octanol–water partition coefficient (Wildman–Crippen LogP) is 3.59. The lowest BCUT2D eigenvalue weighted by atomic mass is 9.97. The van der Waals surface area contributed by atoms with E-state index in [0.29, 0.717) is 12.8 Å². The third-order valence-electron chi connectivity index (χ3n) is 10.6. The Kier molecular flexibility index (Phi) is 28.1. The summed E-state index contributed by atoms with van der Waals surface area (Å²) in [7, 11) is 0. The first-order valence-electron chi connectivity index (χ1n) is 21.7. The molecule has 0 aliphatic carbocycles. The van der Waals surface area contributed by atoms with Crippen LogP contribution >= 0.6 is 0 Å². The number of nitrogens with one attached hydrogen (secondary N) is 1. The number of ether oxygens (including phenoxy) is 4. The number of aliphatic hydroxyl groups is 8. The third kappa shape index (κ3) is 19.9. The Bertz CT molecular complexity index is 1100. The Hall–Kier alpha value is -1.79. The minimum absolute atomic E-state index is 0.261. The highest BCUT2D eigenvalue weighted by molar-refractivity contribution is 5.76. The molecular weight excluding hydrogens is 738 g/mol. The van der Waals surface area contributed by atoms with E-state index in [1.807, 2.05) is 6.08 Å². The number of allylic oxidation sites excluding steroid dienone is 5. The van der Waals surface area contributed by atoms with E-state index in [-0.39, 0.29) is 18.9 Å². The summed E-state index contributed by atoms with van der Waals surface area (Å²) >= 11 is 0. The molecule has 0 aromatic rings. The molecule has 332 valence electrons. The van der Waals surface area contributed by atoms with E-state index in [0.717, 1.165) is 44.9 Å². The third-order valence-corrected chi connectivity index (χ3v) is 10.6. The second-order valence-electron chi connectivity index (χ2n) is 15.5. The van der Waals surface area contributed by atoms with Crippen LogP contribution in [0, 0.1) is 0 Å². The molecule has 2 aliphatic rings. The number of hydrogen-bond acceptors (Lipinski definition) is 13. The largest absolute Gasteiger partial charge is 0.394 e. The summed E-state index contributed by atoms with van der Waals surface area (Å²) < 4.78 is 22.5. The second kappa shape index (κ2) is 31.1. The lowest BCUT2D eigenvalue weighted by Crippen LogP contribution is -2.65. The average molecular weight is 816 g/mol. The van der Waals surface area contributed by atoms with Gasteiger partial charge in [-0.05, 0) is 44.9 Å². The van der Waals surface area contributed by atoms with Crippen molar-refractivity contribution in [1.82, 2.24) is 5.32 Å². The van der Waals surface area contributed by atoms with E-state index in [4.69, 9.17) is 18.9 Å². The Morgan fingerprint density at radius 3 is 1.72 bits per heavy atom. The van der Waals surface area contributed by atoms with Crippen molar-refractivity contribution in [3.05, 3.63) is 36.5 Å². The van der Waals surface area contributed by atoms with Gasteiger partial charge in [-0.2, -0.15) is 0 Å². The van der Waals surface area contributed by atoms with Gasteiger partial charge in [0.1, 0.15) is 48.8 Å². The van der Waals surface area contributed by atoms with Gasteiger partial charge in [-0.25, -0.2) is 0 Å². The number of rotatable bonds is 31. The summed E-state index contributed by atoms with van der Waals surface area (Å²) in [6, 6.07) is -0.930. The van der Waals surface area contributed by atoms with Gasteiger partial charge in [-0.1, -0.05) is 121 Å². The number of carbonyl (C=O) groups is 1. The summed E-state index contributed by atoms with van der Waals surface area (Å²) in [5.41, 5.74) is 0. The van der Waals surface area contributed by atoms with Gasteiger partial charge in [0.15, 0.2) is 12.6 Å².